The molecule has 1 aliphatic rings. The summed E-state index contributed by atoms with van der Waals surface area (Å²) in [5.74, 6) is 0.467. The zero-order valence-electron chi connectivity index (χ0n) is 15.7. The molecule has 3 rings (SSSR count). The minimum atomic E-state index is -0.456. The molecule has 0 spiro atoms. The van der Waals surface area contributed by atoms with Crippen molar-refractivity contribution in [3.63, 3.8) is 0 Å². The van der Waals surface area contributed by atoms with E-state index >= 15 is 0 Å². The van der Waals surface area contributed by atoms with Gasteiger partial charge in [-0.3, -0.25) is 0 Å². The Balaban J connectivity index is 1.68. The van der Waals surface area contributed by atoms with Crippen LogP contribution in [0.2, 0.25) is 0 Å². The van der Waals surface area contributed by atoms with Crippen LogP contribution in [0, 0.1) is 13.8 Å². The van der Waals surface area contributed by atoms with Crippen molar-refractivity contribution in [1.82, 2.24) is 9.64 Å². The summed E-state index contributed by atoms with van der Waals surface area (Å²) < 4.78 is 11.4. The minimum Gasteiger partial charge on any atom is -0.384 e. The summed E-state index contributed by atoms with van der Waals surface area (Å²) in [7, 11) is 1.58. The summed E-state index contributed by atoms with van der Waals surface area (Å²) in [5, 5.41) is 0. The number of aromatic nitrogens is 1. The van der Waals surface area contributed by atoms with Crippen LogP contribution >= 0.6 is 0 Å². The lowest BCUT2D eigenvalue weighted by Crippen LogP contribution is -2.40. The third-order valence-electron chi connectivity index (χ3n) is 5.17. The number of ether oxygens (including phenoxy) is 1. The lowest BCUT2D eigenvalue weighted by molar-refractivity contribution is 0.151. The molecular formula is C20H26N2O4. The largest absolute Gasteiger partial charge is 0.384 e. The Morgan fingerprint density at radius 1 is 1.27 bits per heavy atom. The Labute approximate surface area is 153 Å². The summed E-state index contributed by atoms with van der Waals surface area (Å²) >= 11 is 0. The van der Waals surface area contributed by atoms with Gasteiger partial charge in [0.2, 0.25) is 0 Å². The maximum absolute atomic E-state index is 12.8. The van der Waals surface area contributed by atoms with Crippen molar-refractivity contribution in [2.24, 2.45) is 0 Å². The molecule has 1 aromatic carbocycles. The number of methoxy groups -OCH3 is 1. The second-order valence-electron chi connectivity index (χ2n) is 6.94. The van der Waals surface area contributed by atoms with E-state index in [9.17, 15) is 9.59 Å². The van der Waals surface area contributed by atoms with Crippen LogP contribution in [-0.4, -0.2) is 42.5 Å². The normalized spacial score (nSPS) is 15.4. The van der Waals surface area contributed by atoms with Crippen LogP contribution in [0.4, 0.5) is 4.79 Å². The number of nitrogens with zero attached hydrogens (tertiary/aromatic N) is 2. The summed E-state index contributed by atoms with van der Waals surface area (Å²) in [5.41, 5.74) is 3.22. The fourth-order valence-electron chi connectivity index (χ4n) is 3.60. The summed E-state index contributed by atoms with van der Waals surface area (Å²) in [6, 6.07) is 8.30. The molecule has 0 aliphatic carbocycles. The Kier molecular flexibility index (Phi) is 5.61. The highest BCUT2D eigenvalue weighted by molar-refractivity contribution is 5.76. The Morgan fingerprint density at radius 3 is 2.65 bits per heavy atom. The lowest BCUT2D eigenvalue weighted by atomic mass is 9.89. The van der Waals surface area contributed by atoms with Crippen LogP contribution in [0.5, 0.6) is 0 Å². The number of piperidine rings is 1. The Hall–Kier alpha value is -2.34. The first kappa shape index (κ1) is 18.5. The number of hydrogen-bond donors (Lipinski definition) is 0. The van der Waals surface area contributed by atoms with Crippen LogP contribution in [-0.2, 0) is 11.2 Å². The first-order valence-electron chi connectivity index (χ1n) is 9.08. The molecular weight excluding hydrogens is 332 g/mol. The molecule has 0 N–H and O–H groups in total. The first-order chi connectivity index (χ1) is 12.5. The monoisotopic (exact) mass is 358 g/mol. The zero-order chi connectivity index (χ0) is 18.7. The van der Waals surface area contributed by atoms with Crippen molar-refractivity contribution in [2.45, 2.75) is 39.0 Å². The van der Waals surface area contributed by atoms with Crippen molar-refractivity contribution in [3.05, 3.63) is 57.1 Å². The smallest absolute Gasteiger partial charge is 0.361 e. The van der Waals surface area contributed by atoms with Gasteiger partial charge in [0, 0.05) is 26.6 Å². The summed E-state index contributed by atoms with van der Waals surface area (Å²) in [6.45, 7) is 5.58. The van der Waals surface area contributed by atoms with Crippen molar-refractivity contribution in [2.75, 3.05) is 26.8 Å². The van der Waals surface area contributed by atoms with Gasteiger partial charge in [-0.1, -0.05) is 29.8 Å². The van der Waals surface area contributed by atoms with Crippen LogP contribution < -0.4 is 5.63 Å². The van der Waals surface area contributed by atoms with E-state index in [1.807, 2.05) is 0 Å². The van der Waals surface area contributed by atoms with Gasteiger partial charge in [0.25, 0.3) is 0 Å². The van der Waals surface area contributed by atoms with E-state index in [2.05, 4.69) is 31.2 Å². The standard InChI is InChI=1S/C20H26N2O4/c1-14-5-4-6-17(13-14)16-7-10-21(11-8-16)20(24)22-15(2)18(9-12-25-3)19(23)26-22/h4-6,13,16H,7-12H2,1-3H3. The van der Waals surface area contributed by atoms with Gasteiger partial charge in [0.15, 0.2) is 0 Å². The second kappa shape index (κ2) is 7.91. The van der Waals surface area contributed by atoms with E-state index in [0.29, 0.717) is 43.3 Å². The number of hydrogen-bond acceptors (Lipinski definition) is 4. The SMILES string of the molecule is COCCc1c(C)n(C(=O)N2CCC(c3cccc(C)c3)CC2)oc1=O. The average Bonchev–Trinajstić information content (AvgIpc) is 2.93. The van der Waals surface area contributed by atoms with Crippen LogP contribution in [0.15, 0.2) is 33.6 Å². The van der Waals surface area contributed by atoms with Gasteiger partial charge in [-0.15, -0.1) is 4.74 Å². The van der Waals surface area contributed by atoms with Crippen molar-refractivity contribution >= 4 is 6.03 Å². The molecule has 0 radical (unpaired) electrons. The van der Waals surface area contributed by atoms with Crippen molar-refractivity contribution in [3.8, 4) is 0 Å². The van der Waals surface area contributed by atoms with E-state index in [1.165, 1.54) is 11.1 Å². The van der Waals surface area contributed by atoms with Gasteiger partial charge in [-0.2, -0.15) is 0 Å². The summed E-state index contributed by atoms with van der Waals surface area (Å²) in [4.78, 5) is 26.6. The van der Waals surface area contributed by atoms with E-state index in [1.54, 1.807) is 18.9 Å². The van der Waals surface area contributed by atoms with Gasteiger partial charge in [-0.05, 0) is 38.2 Å². The molecule has 2 heterocycles. The predicted octanol–water partition coefficient (Wildman–Crippen LogP) is 3.09. The third-order valence-corrected chi connectivity index (χ3v) is 5.17. The molecule has 0 saturated carbocycles. The van der Waals surface area contributed by atoms with Crippen LogP contribution in [0.3, 0.4) is 0 Å². The van der Waals surface area contributed by atoms with Crippen LogP contribution in [0.25, 0.3) is 0 Å². The molecule has 6 heteroatoms. The Morgan fingerprint density at radius 2 is 2.00 bits per heavy atom. The molecule has 1 aliphatic heterocycles. The topological polar surface area (TPSA) is 64.7 Å². The van der Waals surface area contributed by atoms with Crippen molar-refractivity contribution in [1.29, 1.82) is 0 Å². The van der Waals surface area contributed by atoms with Gasteiger partial charge in [-0.25, -0.2) is 9.59 Å². The van der Waals surface area contributed by atoms with Crippen LogP contribution in [0.1, 0.15) is 41.1 Å². The quantitative estimate of drug-likeness (QED) is 0.842. The number of likely N-dealkylation sites (tertiary alicyclic amines) is 1. The molecule has 1 fully saturated rings. The number of benzene rings is 1. The minimum absolute atomic E-state index is 0.258. The highest BCUT2D eigenvalue weighted by atomic mass is 16.5. The number of carbonyl (C=O) groups is 1. The van der Waals surface area contributed by atoms with E-state index in [4.69, 9.17) is 9.26 Å². The number of aryl methyl sites for hydroxylation is 1. The zero-order valence-corrected chi connectivity index (χ0v) is 15.7. The average molecular weight is 358 g/mol. The summed E-state index contributed by atoms with van der Waals surface area (Å²) in [6.07, 6.45) is 2.27. The van der Waals surface area contributed by atoms with Gasteiger partial charge in [0.1, 0.15) is 0 Å². The van der Waals surface area contributed by atoms with Crippen molar-refractivity contribution < 1.29 is 14.1 Å². The van der Waals surface area contributed by atoms with Gasteiger partial charge in [0.05, 0.1) is 17.9 Å². The van der Waals surface area contributed by atoms with E-state index < -0.39 is 5.63 Å². The maximum atomic E-state index is 12.8. The third kappa shape index (κ3) is 3.75. The first-order valence-corrected chi connectivity index (χ1v) is 9.08. The number of rotatable bonds is 4. The van der Waals surface area contributed by atoms with Gasteiger partial charge < -0.3 is 14.2 Å². The van der Waals surface area contributed by atoms with E-state index in [0.717, 1.165) is 17.6 Å². The molecule has 0 unspecified atom stereocenters. The molecule has 1 amide bonds. The molecule has 6 nitrogen and oxygen atoms in total. The lowest BCUT2D eigenvalue weighted by Gasteiger charge is -2.32. The van der Waals surface area contributed by atoms with E-state index in [-0.39, 0.29) is 6.03 Å². The fraction of sp³-hybridized carbons (Fsp3) is 0.500. The predicted molar refractivity (Wildman–Crippen MR) is 98.8 cm³/mol. The van der Waals surface area contributed by atoms with Gasteiger partial charge >= 0.3 is 11.7 Å². The highest BCUT2D eigenvalue weighted by Crippen LogP contribution is 2.28. The highest BCUT2D eigenvalue weighted by Gasteiger charge is 2.27. The molecule has 0 bridgehead atoms. The molecule has 2 aromatic rings. The Bertz CT molecular complexity index is 829. The molecule has 1 saturated heterocycles. The number of carbonyl (C=O) groups excluding carboxylic acids is 1. The maximum Gasteiger partial charge on any atom is 0.361 e. The molecule has 26 heavy (non-hydrogen) atoms. The molecule has 0 atom stereocenters. The molecule has 1 aromatic heterocycles. The molecule has 140 valence electrons. The number of amides is 1. The fourth-order valence-corrected chi connectivity index (χ4v) is 3.60. The second-order valence-corrected chi connectivity index (χ2v) is 6.94.